The summed E-state index contributed by atoms with van der Waals surface area (Å²) in [4.78, 5) is 9.93. The van der Waals surface area contributed by atoms with Gasteiger partial charge in [-0.15, -0.1) is 21.5 Å². The number of hydrogen-bond acceptors (Lipinski definition) is 6. The molecule has 2 aromatic heterocycles. The lowest BCUT2D eigenvalue weighted by molar-refractivity contribution is 0.404. The highest BCUT2D eigenvalue weighted by Crippen LogP contribution is 2.40. The number of benzene rings is 1. The minimum Gasteiger partial charge on any atom is -0.360 e. The monoisotopic (exact) mass is 683 g/mol. The van der Waals surface area contributed by atoms with Gasteiger partial charge in [0.2, 0.25) is 0 Å². The third-order valence-electron chi connectivity index (χ3n) is 9.10. The summed E-state index contributed by atoms with van der Waals surface area (Å²) >= 11 is 16.5. The molecule has 0 atom stereocenters. The quantitative estimate of drug-likeness (QED) is 0.0986. The van der Waals surface area contributed by atoms with Crippen LogP contribution in [0.25, 0.3) is 5.00 Å². The summed E-state index contributed by atoms with van der Waals surface area (Å²) in [5.41, 5.74) is 4.53. The van der Waals surface area contributed by atoms with Gasteiger partial charge in [-0.25, -0.2) is 0 Å². The molecule has 0 aliphatic carbocycles. The molecule has 0 spiro atoms. The number of hydrogen-bond donors (Lipinski definition) is 0. The van der Waals surface area contributed by atoms with E-state index in [4.69, 9.17) is 28.8 Å². The maximum atomic E-state index is 6.71. The predicted molar refractivity (Wildman–Crippen MR) is 199 cm³/mol. The molecule has 0 bridgehead atoms. The lowest BCUT2D eigenvalue weighted by atomic mass is 9.95. The maximum absolute atomic E-state index is 6.71. The van der Waals surface area contributed by atoms with Gasteiger partial charge in [0, 0.05) is 33.3 Å². The van der Waals surface area contributed by atoms with Crippen LogP contribution in [0.3, 0.4) is 0 Å². The lowest BCUT2D eigenvalue weighted by Crippen LogP contribution is -2.35. The molecular formula is C36H50ClN5S3. The summed E-state index contributed by atoms with van der Waals surface area (Å²) in [6.07, 6.45) is 20.6. The van der Waals surface area contributed by atoms with Crippen molar-refractivity contribution in [3.8, 4) is 5.00 Å². The number of unbranched alkanes of at least 4 members (excludes halogenated alkanes) is 13. The lowest BCUT2D eigenvalue weighted by Gasteiger charge is -2.29. The molecule has 0 saturated heterocycles. The van der Waals surface area contributed by atoms with Crippen molar-refractivity contribution in [1.29, 1.82) is 0 Å². The van der Waals surface area contributed by atoms with Crippen molar-refractivity contribution in [3.05, 3.63) is 62.5 Å². The fraction of sp³-hybridized carbons (Fsp3) is 0.611. The Balaban J connectivity index is 1.05. The van der Waals surface area contributed by atoms with E-state index in [0.717, 1.165) is 63.2 Å². The Morgan fingerprint density at radius 1 is 0.933 bits per heavy atom. The van der Waals surface area contributed by atoms with Crippen LogP contribution in [0.15, 0.2) is 29.3 Å². The van der Waals surface area contributed by atoms with Crippen LogP contribution < -0.4 is 0 Å². The Hall–Kier alpha value is -1.74. The van der Waals surface area contributed by atoms with Crippen molar-refractivity contribution in [3.63, 3.8) is 0 Å². The van der Waals surface area contributed by atoms with Crippen molar-refractivity contribution in [1.82, 2.24) is 19.7 Å². The fourth-order valence-corrected chi connectivity index (χ4v) is 9.50. The van der Waals surface area contributed by atoms with E-state index in [1.807, 2.05) is 48.2 Å². The van der Waals surface area contributed by atoms with Crippen LogP contribution in [0, 0.1) is 6.92 Å². The van der Waals surface area contributed by atoms with Gasteiger partial charge in [-0.05, 0) is 37.1 Å². The second-order valence-electron chi connectivity index (χ2n) is 12.5. The molecule has 2 aliphatic heterocycles. The molecule has 0 unspecified atom stereocenters. The summed E-state index contributed by atoms with van der Waals surface area (Å²) in [6.45, 7) is 6.61. The summed E-state index contributed by atoms with van der Waals surface area (Å²) < 4.78 is 2.20. The van der Waals surface area contributed by atoms with E-state index in [0.29, 0.717) is 6.54 Å². The topological polar surface area (TPSA) is 46.3 Å². The van der Waals surface area contributed by atoms with Crippen LogP contribution in [-0.4, -0.2) is 48.4 Å². The minimum atomic E-state index is 0.490. The second kappa shape index (κ2) is 18.0. The minimum absolute atomic E-state index is 0.490. The molecule has 3 aromatic rings. The van der Waals surface area contributed by atoms with Gasteiger partial charge < -0.3 is 4.90 Å². The molecule has 5 nitrogen and oxygen atoms in total. The first-order valence-corrected chi connectivity index (χ1v) is 20.0. The molecule has 0 N–H and O–H groups in total. The summed E-state index contributed by atoms with van der Waals surface area (Å²) in [5, 5.41) is 10.7. The molecule has 0 saturated carbocycles. The van der Waals surface area contributed by atoms with Crippen LogP contribution in [0.4, 0.5) is 0 Å². The van der Waals surface area contributed by atoms with E-state index in [1.54, 1.807) is 0 Å². The van der Waals surface area contributed by atoms with Crippen LogP contribution >= 0.6 is 46.9 Å². The van der Waals surface area contributed by atoms with Gasteiger partial charge in [-0.3, -0.25) is 9.56 Å². The van der Waals surface area contributed by atoms with Gasteiger partial charge >= 0.3 is 0 Å². The Kier molecular flexibility index (Phi) is 13.8. The molecule has 5 rings (SSSR count). The van der Waals surface area contributed by atoms with E-state index in [2.05, 4.69) is 32.7 Å². The number of thiophene rings is 1. The molecule has 1 aromatic carbocycles. The SMILES string of the molecule is CCCCCCCCCCCCCCCCSCC(=S)N1CCc2c(sc3c2C(c2ccccc2Cl)=NCc2nnc(C)n2-3)C1. The molecule has 4 heterocycles. The zero-order chi connectivity index (χ0) is 31.4. The summed E-state index contributed by atoms with van der Waals surface area (Å²) in [5.74, 6) is 3.92. The highest BCUT2D eigenvalue weighted by Gasteiger charge is 2.32. The zero-order valence-corrected chi connectivity index (χ0v) is 30.5. The normalized spacial score (nSPS) is 14.1. The van der Waals surface area contributed by atoms with Gasteiger partial charge in [0.1, 0.15) is 17.4 Å². The van der Waals surface area contributed by atoms with E-state index < -0.39 is 0 Å². The van der Waals surface area contributed by atoms with Crippen molar-refractivity contribution in [2.24, 2.45) is 4.99 Å². The maximum Gasteiger partial charge on any atom is 0.160 e. The molecule has 45 heavy (non-hydrogen) atoms. The van der Waals surface area contributed by atoms with Crippen LogP contribution in [0.1, 0.15) is 130 Å². The Morgan fingerprint density at radius 3 is 2.29 bits per heavy atom. The summed E-state index contributed by atoms with van der Waals surface area (Å²) in [6, 6.07) is 8.04. The molecule has 2 aliphatic rings. The zero-order valence-electron chi connectivity index (χ0n) is 27.3. The average Bonchev–Trinajstić information content (AvgIpc) is 3.55. The first-order chi connectivity index (χ1) is 22.1. The highest BCUT2D eigenvalue weighted by atomic mass is 35.5. The van der Waals surface area contributed by atoms with E-state index in [9.17, 15) is 0 Å². The fourth-order valence-electron chi connectivity index (χ4n) is 6.53. The Labute approximate surface area is 289 Å². The van der Waals surface area contributed by atoms with Crippen molar-refractivity contribution in [2.75, 3.05) is 18.1 Å². The van der Waals surface area contributed by atoms with E-state index >= 15 is 0 Å². The van der Waals surface area contributed by atoms with Crippen molar-refractivity contribution < 1.29 is 0 Å². The third kappa shape index (κ3) is 9.21. The van der Waals surface area contributed by atoms with Crippen LogP contribution in [0.5, 0.6) is 0 Å². The molecule has 0 fully saturated rings. The van der Waals surface area contributed by atoms with Gasteiger partial charge in [0.25, 0.3) is 0 Å². The molecule has 9 heteroatoms. The molecule has 244 valence electrons. The highest BCUT2D eigenvalue weighted by molar-refractivity contribution is 8.01. The number of nitrogens with zero attached hydrogens (tertiary/aromatic N) is 5. The van der Waals surface area contributed by atoms with E-state index in [-0.39, 0.29) is 0 Å². The van der Waals surface area contributed by atoms with E-state index in [1.165, 1.54) is 112 Å². The van der Waals surface area contributed by atoms with Crippen LogP contribution in [0.2, 0.25) is 5.02 Å². The molecule has 0 amide bonds. The van der Waals surface area contributed by atoms with Crippen molar-refractivity contribution in [2.45, 2.75) is 123 Å². The first kappa shape index (κ1) is 34.6. The predicted octanol–water partition coefficient (Wildman–Crippen LogP) is 10.5. The number of thioether (sulfide) groups is 1. The number of aliphatic imine (C=N–C) groups is 1. The molecule has 0 radical (unpaired) electrons. The number of aryl methyl sites for hydroxylation is 1. The number of rotatable bonds is 18. The number of fused-ring (bicyclic) bond motifs is 5. The Bertz CT molecular complexity index is 1430. The largest absolute Gasteiger partial charge is 0.360 e. The number of thiocarbonyl (C=S) groups is 1. The van der Waals surface area contributed by atoms with Gasteiger partial charge in [0.05, 0.1) is 17.2 Å². The Morgan fingerprint density at radius 2 is 1.60 bits per heavy atom. The standard InChI is InChI=1S/C36H50ClN5S3/c1-3-4-5-6-7-8-9-10-11-12-13-14-15-18-23-44-26-33(43)41-22-21-29-31(25-41)45-36-34(29)35(28-19-16-17-20-30(28)37)38-24-32-40-39-27(2)42(32)36/h16-17,19-20H,3-15,18,21-26H2,1-2H3. The third-order valence-corrected chi connectivity index (χ3v) is 12.3. The van der Waals surface area contributed by atoms with Gasteiger partial charge in [-0.1, -0.05) is 132 Å². The first-order valence-electron chi connectivity index (χ1n) is 17.3. The molecular weight excluding hydrogens is 634 g/mol. The summed E-state index contributed by atoms with van der Waals surface area (Å²) in [7, 11) is 0. The average molecular weight is 684 g/mol. The van der Waals surface area contributed by atoms with Crippen molar-refractivity contribution >= 4 is 57.6 Å². The second-order valence-corrected chi connectivity index (χ2v) is 15.6. The van der Waals surface area contributed by atoms with Gasteiger partial charge in [0.15, 0.2) is 5.82 Å². The van der Waals surface area contributed by atoms with Crippen LogP contribution in [-0.2, 0) is 19.5 Å². The smallest absolute Gasteiger partial charge is 0.160 e. The number of halogens is 1. The number of aromatic nitrogens is 3. The van der Waals surface area contributed by atoms with Gasteiger partial charge in [-0.2, -0.15) is 11.8 Å².